The molecule has 0 amide bonds. The predicted molar refractivity (Wildman–Crippen MR) is 482 cm³/mol. The lowest BCUT2D eigenvalue weighted by molar-refractivity contribution is 0.481. The maximum absolute atomic E-state index is 15.3. The van der Waals surface area contributed by atoms with Crippen molar-refractivity contribution in [3.05, 3.63) is 463 Å². The molecule has 15 rings (SSSR count). The molecule has 0 heterocycles. The summed E-state index contributed by atoms with van der Waals surface area (Å²) in [5, 5.41) is 54.9. The molecule has 127 heavy (non-hydrogen) atoms. The highest BCUT2D eigenvalue weighted by atomic mass is 19.1. The Bertz CT molecular complexity index is 6890. The fourth-order valence-electron chi connectivity index (χ4n) is 13.9. The van der Waals surface area contributed by atoms with E-state index in [0.717, 1.165) is 61.2 Å². The summed E-state index contributed by atoms with van der Waals surface area (Å²) in [4.78, 5) is 19.6. The van der Waals surface area contributed by atoms with E-state index in [4.69, 9.17) is 60.0 Å². The average molecular weight is 1660 g/mol. The van der Waals surface area contributed by atoms with E-state index in [1.807, 2.05) is 282 Å². The molecular weight excluding hydrogens is 1600 g/mol. The van der Waals surface area contributed by atoms with Crippen LogP contribution in [-0.4, -0.2) is 0 Å². The van der Waals surface area contributed by atoms with Gasteiger partial charge in [0.15, 0.2) is 0 Å². The highest BCUT2D eigenvalue weighted by Gasteiger charge is 2.33. The fraction of sp³-hybridized carbons (Fsp3) is 0.0556. The van der Waals surface area contributed by atoms with Crippen molar-refractivity contribution in [1.82, 2.24) is 0 Å². The molecule has 606 valence electrons. The maximum atomic E-state index is 15.3. The molecule has 0 spiro atoms. The number of nitriles is 6. The van der Waals surface area contributed by atoms with Gasteiger partial charge in [0.05, 0.1) is 72.8 Å². The minimum atomic E-state index is -0.812. The molecule has 0 fully saturated rings. The lowest BCUT2D eigenvalue weighted by Crippen LogP contribution is -2.17. The molecule has 19 heteroatoms. The van der Waals surface area contributed by atoms with Crippen molar-refractivity contribution in [2.45, 2.75) is 40.0 Å². The Morgan fingerprint density at radius 1 is 0.268 bits per heavy atom. The third kappa shape index (κ3) is 20.7. The van der Waals surface area contributed by atoms with Gasteiger partial charge in [-0.2, -0.15) is 31.6 Å². The molecular formula is C108H66F6N12O. The summed E-state index contributed by atoms with van der Waals surface area (Å²) in [7, 11) is 0. The molecule has 0 aliphatic heterocycles. The number of rotatable bonds is 10. The Kier molecular flexibility index (Phi) is 30.8. The highest BCUT2D eigenvalue weighted by Crippen LogP contribution is 2.50. The summed E-state index contributed by atoms with van der Waals surface area (Å²) in [6.07, 6.45) is 0. The number of hydrogen-bond donors (Lipinski definition) is 0. The number of benzene rings is 15. The first kappa shape index (κ1) is 90.9. The van der Waals surface area contributed by atoms with Gasteiger partial charge in [-0.3, -0.25) is 0 Å². The van der Waals surface area contributed by atoms with Crippen molar-refractivity contribution in [2.75, 3.05) is 0 Å². The summed E-state index contributed by atoms with van der Waals surface area (Å²) in [6, 6.07) is 102. The van der Waals surface area contributed by atoms with E-state index < -0.39 is 40.3 Å². The molecule has 13 nitrogen and oxygen atoms in total. The van der Waals surface area contributed by atoms with E-state index in [1.165, 1.54) is 24.3 Å². The van der Waals surface area contributed by atoms with E-state index in [2.05, 4.69) is 29.1 Å². The first-order valence-electron chi connectivity index (χ1n) is 38.5. The zero-order valence-corrected chi connectivity index (χ0v) is 68.5. The Balaban J connectivity index is 0.000000160. The van der Waals surface area contributed by atoms with Gasteiger partial charge < -0.3 is 4.74 Å². The third-order valence-electron chi connectivity index (χ3n) is 19.6. The molecule has 15 aromatic carbocycles. The van der Waals surface area contributed by atoms with Crippen LogP contribution in [0.5, 0.6) is 11.5 Å². The Labute approximate surface area is 732 Å². The zero-order valence-electron chi connectivity index (χ0n) is 68.5. The van der Waals surface area contributed by atoms with Gasteiger partial charge in [-0.05, 0) is 139 Å². The Morgan fingerprint density at radius 2 is 0.591 bits per heavy atom. The monoisotopic (exact) mass is 1660 g/mol. The van der Waals surface area contributed by atoms with Crippen LogP contribution in [0.25, 0.3) is 118 Å². The van der Waals surface area contributed by atoms with Gasteiger partial charge >= 0.3 is 0 Å². The van der Waals surface area contributed by atoms with Crippen molar-refractivity contribution in [2.24, 2.45) is 0 Å². The molecule has 0 saturated carbocycles. The van der Waals surface area contributed by atoms with Crippen LogP contribution in [0.15, 0.2) is 309 Å². The van der Waals surface area contributed by atoms with Crippen molar-refractivity contribution in [3.63, 3.8) is 0 Å². The number of nitrogens with zero attached hydrogens (tertiary/aromatic N) is 12. The maximum Gasteiger partial charge on any atom is 0.231 e. The largest absolute Gasteiger partial charge is 0.459 e. The topological polar surface area (TPSA) is 178 Å². The molecule has 15 aromatic rings. The van der Waals surface area contributed by atoms with Gasteiger partial charge in [0.1, 0.15) is 82.8 Å². The summed E-state index contributed by atoms with van der Waals surface area (Å²) >= 11 is 0. The molecule has 0 bridgehead atoms. The molecule has 0 atom stereocenters. The van der Waals surface area contributed by atoms with Crippen LogP contribution in [0.2, 0.25) is 0 Å². The molecule has 0 aliphatic rings. The van der Waals surface area contributed by atoms with Gasteiger partial charge in [-0.15, -0.1) is 0 Å². The fourth-order valence-corrected chi connectivity index (χ4v) is 13.9. The minimum Gasteiger partial charge on any atom is -0.459 e. The van der Waals surface area contributed by atoms with Crippen molar-refractivity contribution in [3.8, 4) is 137 Å². The van der Waals surface area contributed by atoms with Crippen LogP contribution in [0.4, 0.5) is 60.5 Å². The van der Waals surface area contributed by atoms with Crippen LogP contribution < -0.4 is 4.74 Å². The summed E-state index contributed by atoms with van der Waals surface area (Å²) in [5.41, 5.74) is 10.9. The van der Waals surface area contributed by atoms with Crippen LogP contribution >= 0.6 is 0 Å². The summed E-state index contributed by atoms with van der Waals surface area (Å²) in [5.74, 6) is -3.74. The Morgan fingerprint density at radius 3 is 0.992 bits per heavy atom. The van der Waals surface area contributed by atoms with Crippen molar-refractivity contribution >= 4 is 34.1 Å². The molecule has 0 radical (unpaired) electrons. The van der Waals surface area contributed by atoms with Gasteiger partial charge in [-0.25, -0.2) is 55.4 Å². The second-order valence-corrected chi connectivity index (χ2v) is 28.4. The van der Waals surface area contributed by atoms with Crippen LogP contribution in [0.1, 0.15) is 70.8 Å². The van der Waals surface area contributed by atoms with Gasteiger partial charge in [0, 0.05) is 16.7 Å². The van der Waals surface area contributed by atoms with E-state index in [-0.39, 0.29) is 73.3 Å². The van der Waals surface area contributed by atoms with E-state index in [0.29, 0.717) is 50.3 Å². The van der Waals surface area contributed by atoms with Crippen molar-refractivity contribution < 1.29 is 31.1 Å². The van der Waals surface area contributed by atoms with Crippen LogP contribution in [-0.2, 0) is 5.41 Å². The molecule has 0 aliphatic carbocycles. The predicted octanol–water partition coefficient (Wildman–Crippen LogP) is 30.5. The number of aryl methyl sites for hydroxylation is 1. The first-order valence-corrected chi connectivity index (χ1v) is 38.5. The normalized spacial score (nSPS) is 9.91. The number of para-hydroxylation sites is 1. The standard InChI is InChI=1S/C24H19FN2.C21H13FN2.C20H11FN2.C15H9FN2.C14H7FN2O.C14H7FN2/c1-24(2,3)21-19(16-11-7-5-8-12-16)18(15-26)22(25)23(27-4)20(21)17-13-9-6-10-14-17;1-14-18(15-9-5-3-6-10-15)17(13-23)20(22)21(24-2)19(14)16-11-7-4-8-12-16;1-23-20-17(15-10-6-3-7-11-15)12-16(18(13-22)19(20)21)14-8-4-2-5-9-14;1-10-8-12(9-17)14(16)15(18-2)13(10)11-6-4-3-5-7-11;1-17-13-8-12(7-10(9-16)14(13)15)18-11-5-3-2-4-6-11;1-17-14-12(10-5-3-2-4-6-10)8-7-11(9-16)13(14)15/h5-14H,1-3H3;3-12H,1H3;2-12H;3-8H,1H3;2-8H;2-8H. The zero-order chi connectivity index (χ0) is 91.3. The average Bonchev–Trinajstić information content (AvgIpc) is 0.773. The molecule has 0 aromatic heterocycles. The summed E-state index contributed by atoms with van der Waals surface area (Å²) < 4.78 is 91.6. The molecule has 0 unspecified atom stereocenters. The number of halogens is 6. The minimum absolute atomic E-state index is 0.0724. The molecule has 0 saturated heterocycles. The lowest BCUT2D eigenvalue weighted by Gasteiger charge is -2.29. The van der Waals surface area contributed by atoms with Crippen LogP contribution in [0.3, 0.4) is 0 Å². The second-order valence-electron chi connectivity index (χ2n) is 28.4. The number of ether oxygens (including phenoxy) is 1. The smallest absolute Gasteiger partial charge is 0.231 e. The van der Waals surface area contributed by atoms with Crippen LogP contribution in [0, 0.1) is 156 Å². The lowest BCUT2D eigenvalue weighted by atomic mass is 9.75. The van der Waals surface area contributed by atoms with E-state index >= 15 is 4.39 Å². The van der Waals surface area contributed by atoms with E-state index in [9.17, 15) is 37.7 Å². The van der Waals surface area contributed by atoms with E-state index in [1.54, 1.807) is 73.7 Å². The third-order valence-corrected chi connectivity index (χ3v) is 19.6. The van der Waals surface area contributed by atoms with Crippen molar-refractivity contribution in [1.29, 1.82) is 31.6 Å². The van der Waals surface area contributed by atoms with Gasteiger partial charge in [0.2, 0.25) is 34.1 Å². The molecule has 0 N–H and O–H groups in total. The summed E-state index contributed by atoms with van der Waals surface area (Å²) in [6.45, 7) is 53.0. The first-order chi connectivity index (χ1) is 61.5. The quantitative estimate of drug-likeness (QED) is 0.0965. The SMILES string of the molecule is [C-]#[N+]c1c(-c2ccccc2)cc(-c2ccccc2)c(C#N)c1F.[C-]#[N+]c1c(-c2ccccc2)ccc(C#N)c1F.[C-]#[N+]c1c(F)c(C#N)c(-c2ccccc2)c(C(C)(C)C)c1-c1ccccc1.[C-]#[N+]c1c(F)c(C#N)c(-c2ccccc2)c(C)c1-c1ccccc1.[C-]#[N+]c1c(F)c(C#N)cc(C)c1-c1ccccc1.[C-]#[N+]c1cc(Oc2ccccc2)cc(C#N)c1F. The Hall–Kier alpha value is -18.4. The van der Waals surface area contributed by atoms with Gasteiger partial charge in [0.25, 0.3) is 0 Å². The number of hydrogen-bond acceptors (Lipinski definition) is 7. The highest BCUT2D eigenvalue weighted by molar-refractivity contribution is 5.95. The van der Waals surface area contributed by atoms with Gasteiger partial charge in [-0.1, -0.05) is 299 Å². The second kappa shape index (κ2) is 43.0.